The topological polar surface area (TPSA) is 61.8 Å². The summed E-state index contributed by atoms with van der Waals surface area (Å²) in [4.78, 5) is 22.6. The van der Waals surface area contributed by atoms with Gasteiger partial charge >= 0.3 is 11.9 Å². The molecule has 0 N–H and O–H groups in total. The highest BCUT2D eigenvalue weighted by molar-refractivity contribution is 5.87. The molecule has 0 spiro atoms. The smallest absolute Gasteiger partial charge is 0.330 e. The molecule has 19 heavy (non-hydrogen) atoms. The zero-order chi connectivity index (χ0) is 13.8. The third-order valence-corrected chi connectivity index (χ3v) is 2.91. The zero-order valence-electron chi connectivity index (χ0n) is 10.7. The molecular weight excluding hydrogens is 248 g/mol. The third-order valence-electron chi connectivity index (χ3n) is 2.91. The minimum absolute atomic E-state index is 0.284. The normalized spacial score (nSPS) is 16.8. The number of methoxy groups -OCH3 is 2. The highest BCUT2D eigenvalue weighted by atomic mass is 16.5. The molecule has 1 aliphatic heterocycles. The summed E-state index contributed by atoms with van der Waals surface area (Å²) in [6.45, 7) is 0.284. The highest BCUT2D eigenvalue weighted by Crippen LogP contribution is 2.35. The fourth-order valence-electron chi connectivity index (χ4n) is 1.91. The van der Waals surface area contributed by atoms with Gasteiger partial charge in [-0.05, 0) is 23.8 Å². The first-order valence-electron chi connectivity index (χ1n) is 5.76. The van der Waals surface area contributed by atoms with Crippen molar-refractivity contribution in [3.63, 3.8) is 0 Å². The van der Waals surface area contributed by atoms with Crippen LogP contribution in [-0.4, -0.2) is 32.8 Å². The Labute approximate surface area is 110 Å². The van der Waals surface area contributed by atoms with Crippen LogP contribution >= 0.6 is 0 Å². The number of rotatable bonds is 3. The van der Waals surface area contributed by atoms with E-state index in [0.29, 0.717) is 5.75 Å². The van der Waals surface area contributed by atoms with Crippen LogP contribution in [-0.2, 0) is 19.1 Å². The molecule has 1 aromatic rings. The van der Waals surface area contributed by atoms with E-state index in [1.54, 1.807) is 18.2 Å². The van der Waals surface area contributed by atoms with Crippen molar-refractivity contribution < 1.29 is 23.8 Å². The van der Waals surface area contributed by atoms with Crippen LogP contribution < -0.4 is 4.74 Å². The molecule has 1 aliphatic rings. The number of carbonyl (C=O) groups excluding carboxylic acids is 2. The van der Waals surface area contributed by atoms with Crippen LogP contribution in [0.3, 0.4) is 0 Å². The average molecular weight is 262 g/mol. The Morgan fingerprint density at radius 1 is 1.32 bits per heavy atom. The van der Waals surface area contributed by atoms with Gasteiger partial charge in [-0.3, -0.25) is 4.79 Å². The Kier molecular flexibility index (Phi) is 3.85. The Morgan fingerprint density at radius 3 is 2.79 bits per heavy atom. The van der Waals surface area contributed by atoms with Crippen molar-refractivity contribution in [2.24, 2.45) is 0 Å². The maximum atomic E-state index is 11.6. The van der Waals surface area contributed by atoms with Crippen molar-refractivity contribution in [2.45, 2.75) is 5.92 Å². The molecular formula is C14H14O5. The number of carbonyl (C=O) groups is 2. The molecule has 0 saturated heterocycles. The maximum Gasteiger partial charge on any atom is 0.330 e. The van der Waals surface area contributed by atoms with E-state index in [4.69, 9.17) is 9.47 Å². The zero-order valence-corrected chi connectivity index (χ0v) is 10.7. The molecule has 0 saturated carbocycles. The summed E-state index contributed by atoms with van der Waals surface area (Å²) < 4.78 is 14.7. The van der Waals surface area contributed by atoms with Gasteiger partial charge in [0.25, 0.3) is 0 Å². The fourth-order valence-corrected chi connectivity index (χ4v) is 1.91. The van der Waals surface area contributed by atoms with Crippen LogP contribution in [0.1, 0.15) is 17.0 Å². The minimum atomic E-state index is -0.429. The molecule has 0 aliphatic carbocycles. The lowest BCUT2D eigenvalue weighted by Crippen LogP contribution is -2.15. The Balaban J connectivity index is 2.25. The summed E-state index contributed by atoms with van der Waals surface area (Å²) in [5.41, 5.74) is 1.57. The van der Waals surface area contributed by atoms with Crippen LogP contribution in [0, 0.1) is 0 Å². The summed E-state index contributed by atoms with van der Waals surface area (Å²) >= 11 is 0. The van der Waals surface area contributed by atoms with E-state index in [2.05, 4.69) is 4.74 Å². The van der Waals surface area contributed by atoms with E-state index in [1.807, 2.05) is 6.07 Å². The standard InChI is InChI=1S/C14H14O5/c1-17-13(15)6-4-9-3-5-12-10(7-9)11(8-19-12)14(16)18-2/h3-7,11H,8H2,1-2H3/b6-4+. The first-order valence-corrected chi connectivity index (χ1v) is 5.76. The van der Waals surface area contributed by atoms with Crippen LogP contribution in [0.2, 0.25) is 0 Å². The fraction of sp³-hybridized carbons (Fsp3) is 0.286. The summed E-state index contributed by atoms with van der Waals surface area (Å²) in [6.07, 6.45) is 2.95. The third kappa shape index (κ3) is 2.76. The van der Waals surface area contributed by atoms with Crippen LogP contribution in [0.15, 0.2) is 24.3 Å². The van der Waals surface area contributed by atoms with E-state index in [-0.39, 0.29) is 12.6 Å². The van der Waals surface area contributed by atoms with Crippen molar-refractivity contribution in [1.82, 2.24) is 0 Å². The minimum Gasteiger partial charge on any atom is -0.492 e. The van der Waals surface area contributed by atoms with E-state index in [1.165, 1.54) is 20.3 Å². The van der Waals surface area contributed by atoms with Gasteiger partial charge in [0.1, 0.15) is 18.3 Å². The lowest BCUT2D eigenvalue weighted by atomic mass is 9.99. The van der Waals surface area contributed by atoms with Crippen LogP contribution in [0.4, 0.5) is 0 Å². The molecule has 1 heterocycles. The SMILES string of the molecule is COC(=O)/C=C/c1ccc2c(c1)C(C(=O)OC)CO2. The molecule has 2 rings (SSSR count). The maximum absolute atomic E-state index is 11.6. The van der Waals surface area contributed by atoms with Crippen molar-refractivity contribution in [3.8, 4) is 5.75 Å². The first-order chi connectivity index (χ1) is 9.15. The summed E-state index contributed by atoms with van der Waals surface area (Å²) in [5, 5.41) is 0. The van der Waals surface area contributed by atoms with Gasteiger partial charge in [0.2, 0.25) is 0 Å². The Morgan fingerprint density at radius 2 is 2.11 bits per heavy atom. The molecule has 0 amide bonds. The van der Waals surface area contributed by atoms with Gasteiger partial charge in [0.05, 0.1) is 14.2 Å². The van der Waals surface area contributed by atoms with Gasteiger partial charge in [-0.25, -0.2) is 4.79 Å². The van der Waals surface area contributed by atoms with Crippen LogP contribution in [0.5, 0.6) is 5.75 Å². The van der Waals surface area contributed by atoms with Gasteiger partial charge in [0, 0.05) is 11.6 Å². The predicted octanol–water partition coefficient (Wildman–Crippen LogP) is 1.52. The highest BCUT2D eigenvalue weighted by Gasteiger charge is 2.31. The molecule has 1 aromatic carbocycles. The number of ether oxygens (including phenoxy) is 3. The monoisotopic (exact) mass is 262 g/mol. The Bertz CT molecular complexity index is 533. The average Bonchev–Trinajstić information content (AvgIpc) is 2.86. The lowest BCUT2D eigenvalue weighted by molar-refractivity contribution is -0.142. The summed E-state index contributed by atoms with van der Waals surface area (Å²) in [7, 11) is 2.66. The quantitative estimate of drug-likeness (QED) is 0.610. The first kappa shape index (κ1) is 13.1. The van der Waals surface area contributed by atoms with Crippen molar-refractivity contribution in [1.29, 1.82) is 0 Å². The van der Waals surface area contributed by atoms with Crippen LogP contribution in [0.25, 0.3) is 6.08 Å². The van der Waals surface area contributed by atoms with Crippen molar-refractivity contribution in [2.75, 3.05) is 20.8 Å². The van der Waals surface area contributed by atoms with Gasteiger partial charge < -0.3 is 14.2 Å². The van der Waals surface area contributed by atoms with Gasteiger partial charge in [-0.15, -0.1) is 0 Å². The molecule has 0 aromatic heterocycles. The van der Waals surface area contributed by atoms with Gasteiger partial charge in [0.15, 0.2) is 0 Å². The molecule has 0 fully saturated rings. The largest absolute Gasteiger partial charge is 0.492 e. The molecule has 100 valence electrons. The number of hydrogen-bond donors (Lipinski definition) is 0. The molecule has 5 nitrogen and oxygen atoms in total. The molecule has 5 heteroatoms. The van der Waals surface area contributed by atoms with Gasteiger partial charge in [-0.2, -0.15) is 0 Å². The molecule has 1 unspecified atom stereocenters. The van der Waals surface area contributed by atoms with E-state index in [0.717, 1.165) is 11.1 Å². The van der Waals surface area contributed by atoms with E-state index >= 15 is 0 Å². The second-order valence-corrected chi connectivity index (χ2v) is 4.04. The molecule has 0 radical (unpaired) electrons. The van der Waals surface area contributed by atoms with Crippen molar-refractivity contribution in [3.05, 3.63) is 35.4 Å². The number of benzene rings is 1. The number of fused-ring (bicyclic) bond motifs is 1. The molecule has 0 bridgehead atoms. The lowest BCUT2D eigenvalue weighted by Gasteiger charge is -2.06. The number of esters is 2. The predicted molar refractivity (Wildman–Crippen MR) is 67.7 cm³/mol. The van der Waals surface area contributed by atoms with Crippen molar-refractivity contribution >= 4 is 18.0 Å². The molecule has 1 atom stereocenters. The second-order valence-electron chi connectivity index (χ2n) is 4.04. The van der Waals surface area contributed by atoms with E-state index in [9.17, 15) is 9.59 Å². The Hall–Kier alpha value is -2.30. The summed E-state index contributed by atoms with van der Waals surface area (Å²) in [5.74, 6) is -0.494. The summed E-state index contributed by atoms with van der Waals surface area (Å²) in [6, 6.07) is 5.39. The van der Waals surface area contributed by atoms with E-state index < -0.39 is 11.9 Å². The van der Waals surface area contributed by atoms with Gasteiger partial charge in [-0.1, -0.05) is 6.07 Å². The second kappa shape index (κ2) is 5.56. The number of hydrogen-bond acceptors (Lipinski definition) is 5.